The predicted octanol–water partition coefficient (Wildman–Crippen LogP) is 0.958. The van der Waals surface area contributed by atoms with Crippen molar-refractivity contribution in [3.05, 3.63) is 23.8 Å². The molecule has 0 radical (unpaired) electrons. The molecule has 0 bridgehead atoms. The SMILES string of the molecule is Cc1cc(NCS(=O)(=O)O)ccc1O. The Morgan fingerprint density at radius 2 is 2.07 bits per heavy atom. The lowest BCUT2D eigenvalue weighted by Crippen LogP contribution is -2.12. The summed E-state index contributed by atoms with van der Waals surface area (Å²) in [5, 5.41) is 11.7. The van der Waals surface area contributed by atoms with Crippen LogP contribution in [0.25, 0.3) is 0 Å². The molecule has 1 rings (SSSR count). The van der Waals surface area contributed by atoms with Crippen LogP contribution in [0, 0.1) is 6.92 Å². The maximum absolute atomic E-state index is 10.4. The smallest absolute Gasteiger partial charge is 0.283 e. The van der Waals surface area contributed by atoms with Gasteiger partial charge in [-0.25, -0.2) is 0 Å². The molecule has 0 saturated heterocycles. The molecule has 0 saturated carbocycles. The van der Waals surface area contributed by atoms with Crippen molar-refractivity contribution in [2.45, 2.75) is 6.92 Å². The highest BCUT2D eigenvalue weighted by atomic mass is 32.2. The average molecular weight is 217 g/mol. The van der Waals surface area contributed by atoms with Crippen LogP contribution in [-0.4, -0.2) is 24.0 Å². The highest BCUT2D eigenvalue weighted by Crippen LogP contribution is 2.19. The van der Waals surface area contributed by atoms with Crippen LogP contribution >= 0.6 is 0 Å². The molecule has 0 atom stereocenters. The standard InChI is InChI=1S/C8H11NO4S/c1-6-4-7(2-3-8(6)10)9-5-14(11,12)13/h2-4,9-10H,5H2,1H3,(H,11,12,13). The molecule has 1 aromatic rings. The van der Waals surface area contributed by atoms with Crippen molar-refractivity contribution in [1.29, 1.82) is 0 Å². The summed E-state index contributed by atoms with van der Waals surface area (Å²) in [7, 11) is -4.02. The summed E-state index contributed by atoms with van der Waals surface area (Å²) >= 11 is 0. The molecule has 6 heteroatoms. The van der Waals surface area contributed by atoms with Crippen molar-refractivity contribution >= 4 is 15.8 Å². The molecule has 0 spiro atoms. The van der Waals surface area contributed by atoms with Gasteiger partial charge in [0, 0.05) is 5.69 Å². The molecular formula is C8H11NO4S. The molecule has 14 heavy (non-hydrogen) atoms. The Morgan fingerprint density at radius 3 is 2.57 bits per heavy atom. The minimum absolute atomic E-state index is 0.141. The van der Waals surface area contributed by atoms with Crippen LogP contribution < -0.4 is 5.32 Å². The number of nitrogens with one attached hydrogen (secondary N) is 1. The van der Waals surface area contributed by atoms with Gasteiger partial charge in [0.2, 0.25) is 0 Å². The van der Waals surface area contributed by atoms with Crippen molar-refractivity contribution in [3.8, 4) is 5.75 Å². The van der Waals surface area contributed by atoms with Crippen LogP contribution in [0.5, 0.6) is 5.75 Å². The van der Waals surface area contributed by atoms with Crippen molar-refractivity contribution in [3.63, 3.8) is 0 Å². The molecule has 5 nitrogen and oxygen atoms in total. The Hall–Kier alpha value is -1.27. The minimum Gasteiger partial charge on any atom is -0.508 e. The van der Waals surface area contributed by atoms with Gasteiger partial charge < -0.3 is 10.4 Å². The number of phenolic OH excluding ortho intramolecular Hbond substituents is 1. The third-order valence-corrected chi connectivity index (χ3v) is 2.16. The van der Waals surface area contributed by atoms with E-state index in [9.17, 15) is 13.5 Å². The first-order chi connectivity index (χ1) is 6.38. The van der Waals surface area contributed by atoms with Gasteiger partial charge in [-0.05, 0) is 30.7 Å². The lowest BCUT2D eigenvalue weighted by Gasteiger charge is -2.05. The molecule has 0 heterocycles. The number of hydrogen-bond acceptors (Lipinski definition) is 4. The topological polar surface area (TPSA) is 86.6 Å². The number of hydrogen-bond donors (Lipinski definition) is 3. The van der Waals surface area contributed by atoms with Gasteiger partial charge in [-0.3, -0.25) is 4.55 Å². The Morgan fingerprint density at radius 1 is 1.43 bits per heavy atom. The highest BCUT2D eigenvalue weighted by Gasteiger charge is 2.04. The number of aromatic hydroxyl groups is 1. The first-order valence-electron chi connectivity index (χ1n) is 3.87. The normalized spacial score (nSPS) is 11.3. The largest absolute Gasteiger partial charge is 0.508 e. The van der Waals surface area contributed by atoms with Crippen LogP contribution in [0.3, 0.4) is 0 Å². The first-order valence-corrected chi connectivity index (χ1v) is 5.48. The van der Waals surface area contributed by atoms with Gasteiger partial charge in [0.15, 0.2) is 0 Å². The maximum Gasteiger partial charge on any atom is 0.283 e. The summed E-state index contributed by atoms with van der Waals surface area (Å²) < 4.78 is 29.3. The zero-order chi connectivity index (χ0) is 10.8. The van der Waals surface area contributed by atoms with Gasteiger partial charge in [0.05, 0.1) is 0 Å². The maximum atomic E-state index is 10.4. The van der Waals surface area contributed by atoms with Gasteiger partial charge in [0.25, 0.3) is 10.1 Å². The van der Waals surface area contributed by atoms with E-state index in [0.29, 0.717) is 11.3 Å². The summed E-state index contributed by atoms with van der Waals surface area (Å²) in [6.45, 7) is 1.69. The number of benzene rings is 1. The summed E-state index contributed by atoms with van der Waals surface area (Å²) in [5.74, 6) is -0.403. The van der Waals surface area contributed by atoms with Crippen molar-refractivity contribution in [2.24, 2.45) is 0 Å². The van der Waals surface area contributed by atoms with E-state index in [4.69, 9.17) is 4.55 Å². The Bertz CT molecular complexity index is 427. The zero-order valence-electron chi connectivity index (χ0n) is 7.56. The zero-order valence-corrected chi connectivity index (χ0v) is 8.37. The van der Waals surface area contributed by atoms with Gasteiger partial charge in [-0.2, -0.15) is 8.42 Å². The summed E-state index contributed by atoms with van der Waals surface area (Å²) in [6, 6.07) is 4.55. The summed E-state index contributed by atoms with van der Waals surface area (Å²) in [5.41, 5.74) is 1.16. The molecule has 0 aliphatic carbocycles. The molecule has 0 aliphatic heterocycles. The quantitative estimate of drug-likeness (QED) is 0.518. The van der Waals surface area contributed by atoms with Crippen LogP contribution in [0.15, 0.2) is 18.2 Å². The van der Waals surface area contributed by atoms with E-state index in [1.54, 1.807) is 13.0 Å². The molecule has 1 aromatic carbocycles. The van der Waals surface area contributed by atoms with E-state index in [0.717, 1.165) is 0 Å². The number of aryl methyl sites for hydroxylation is 1. The monoisotopic (exact) mass is 217 g/mol. The lowest BCUT2D eigenvalue weighted by atomic mass is 10.2. The average Bonchev–Trinajstić information content (AvgIpc) is 2.06. The van der Waals surface area contributed by atoms with E-state index >= 15 is 0 Å². The fourth-order valence-corrected chi connectivity index (χ4v) is 1.29. The van der Waals surface area contributed by atoms with Gasteiger partial charge in [-0.1, -0.05) is 0 Å². The van der Waals surface area contributed by atoms with Crippen LogP contribution in [0.4, 0.5) is 5.69 Å². The Labute approximate surface area is 82.1 Å². The molecule has 0 aliphatic rings. The number of anilines is 1. The molecule has 0 unspecified atom stereocenters. The second-order valence-electron chi connectivity index (χ2n) is 2.90. The Balaban J connectivity index is 2.74. The van der Waals surface area contributed by atoms with Crippen molar-refractivity contribution < 1.29 is 18.1 Å². The van der Waals surface area contributed by atoms with Crippen LogP contribution in [0.2, 0.25) is 0 Å². The van der Waals surface area contributed by atoms with E-state index in [-0.39, 0.29) is 5.75 Å². The second kappa shape index (κ2) is 3.85. The van der Waals surface area contributed by atoms with Gasteiger partial charge in [-0.15, -0.1) is 0 Å². The molecule has 0 fully saturated rings. The highest BCUT2D eigenvalue weighted by molar-refractivity contribution is 7.85. The summed E-state index contributed by atoms with van der Waals surface area (Å²) in [4.78, 5) is 0. The van der Waals surface area contributed by atoms with E-state index in [2.05, 4.69) is 5.32 Å². The fourth-order valence-electron chi connectivity index (χ4n) is 0.940. The number of phenols is 1. The van der Waals surface area contributed by atoms with E-state index < -0.39 is 16.0 Å². The molecule has 0 aromatic heterocycles. The molecular weight excluding hydrogens is 206 g/mol. The molecule has 0 amide bonds. The fraction of sp³-hybridized carbons (Fsp3) is 0.250. The molecule has 78 valence electrons. The molecule has 3 N–H and O–H groups in total. The minimum atomic E-state index is -4.02. The van der Waals surface area contributed by atoms with Crippen LogP contribution in [-0.2, 0) is 10.1 Å². The van der Waals surface area contributed by atoms with Crippen LogP contribution in [0.1, 0.15) is 5.56 Å². The lowest BCUT2D eigenvalue weighted by molar-refractivity contribution is 0.471. The van der Waals surface area contributed by atoms with Crippen molar-refractivity contribution in [2.75, 3.05) is 11.2 Å². The van der Waals surface area contributed by atoms with E-state index in [1.807, 2.05) is 0 Å². The number of rotatable bonds is 3. The van der Waals surface area contributed by atoms with Gasteiger partial charge >= 0.3 is 0 Å². The third-order valence-electron chi connectivity index (χ3n) is 1.66. The van der Waals surface area contributed by atoms with E-state index in [1.165, 1.54) is 12.1 Å². The predicted molar refractivity (Wildman–Crippen MR) is 52.9 cm³/mol. The first kappa shape index (κ1) is 10.8. The van der Waals surface area contributed by atoms with Gasteiger partial charge in [0.1, 0.15) is 11.6 Å². The Kier molecular flexibility index (Phi) is 2.97. The second-order valence-corrected chi connectivity index (χ2v) is 4.36. The third kappa shape index (κ3) is 3.23. The van der Waals surface area contributed by atoms with Crippen molar-refractivity contribution in [1.82, 2.24) is 0 Å². The summed E-state index contributed by atoms with van der Waals surface area (Å²) in [6.07, 6.45) is 0.